The zero-order chi connectivity index (χ0) is 13.1. The van der Waals surface area contributed by atoms with Crippen molar-refractivity contribution in [1.29, 1.82) is 0 Å². The Bertz CT molecular complexity index is 452. The molecule has 2 aliphatic heterocycles. The maximum absolute atomic E-state index is 12.3. The molecule has 2 unspecified atom stereocenters. The molecule has 0 amide bonds. The molecule has 3 heteroatoms. The van der Waals surface area contributed by atoms with Gasteiger partial charge in [0.2, 0.25) is 0 Å². The highest BCUT2D eigenvalue weighted by Crippen LogP contribution is 2.32. The zero-order valence-corrected chi connectivity index (χ0v) is 11.2. The molecule has 0 bridgehead atoms. The van der Waals surface area contributed by atoms with E-state index in [1.54, 1.807) is 0 Å². The lowest BCUT2D eigenvalue weighted by Gasteiger charge is -2.11. The van der Waals surface area contributed by atoms with Crippen LogP contribution in [0.3, 0.4) is 0 Å². The summed E-state index contributed by atoms with van der Waals surface area (Å²) in [5.41, 5.74) is 2.30. The Morgan fingerprint density at radius 2 is 2.26 bits per heavy atom. The average molecular weight is 259 g/mol. The fourth-order valence-electron chi connectivity index (χ4n) is 3.12. The van der Waals surface area contributed by atoms with Crippen LogP contribution < -0.4 is 5.32 Å². The third-order valence-electron chi connectivity index (χ3n) is 4.19. The highest BCUT2D eigenvalue weighted by molar-refractivity contribution is 5.89. The van der Waals surface area contributed by atoms with Crippen LogP contribution in [-0.2, 0) is 9.53 Å². The number of ketones is 1. The van der Waals surface area contributed by atoms with Gasteiger partial charge in [-0.05, 0) is 37.3 Å². The maximum Gasteiger partial charge on any atom is 0.142 e. The van der Waals surface area contributed by atoms with Crippen LogP contribution in [0.15, 0.2) is 24.3 Å². The van der Waals surface area contributed by atoms with Crippen molar-refractivity contribution >= 4 is 11.5 Å². The van der Waals surface area contributed by atoms with Crippen LogP contribution in [0.2, 0.25) is 0 Å². The molecule has 0 aromatic heterocycles. The summed E-state index contributed by atoms with van der Waals surface area (Å²) >= 11 is 0. The van der Waals surface area contributed by atoms with Gasteiger partial charge >= 0.3 is 0 Å². The van der Waals surface area contributed by atoms with Crippen molar-refractivity contribution in [1.82, 2.24) is 0 Å². The monoisotopic (exact) mass is 259 g/mol. The van der Waals surface area contributed by atoms with Crippen molar-refractivity contribution in [2.75, 3.05) is 18.5 Å². The number of ether oxygens (including phenoxy) is 1. The normalized spacial score (nSPS) is 25.1. The van der Waals surface area contributed by atoms with Crippen LogP contribution in [-0.4, -0.2) is 25.0 Å². The molecule has 2 aliphatic rings. The molecule has 1 saturated heterocycles. The first-order valence-electron chi connectivity index (χ1n) is 7.32. The minimum Gasteiger partial charge on any atom is -0.384 e. The third kappa shape index (κ3) is 2.81. The van der Waals surface area contributed by atoms with Gasteiger partial charge in [-0.2, -0.15) is 0 Å². The number of carbonyl (C=O) groups is 1. The van der Waals surface area contributed by atoms with Crippen LogP contribution in [0.1, 0.15) is 43.6 Å². The van der Waals surface area contributed by atoms with E-state index in [0.717, 1.165) is 31.7 Å². The SMILES string of the molecule is O=C(CCCC1CCCO1)C1CNc2ccccc21. The van der Waals surface area contributed by atoms with E-state index in [0.29, 0.717) is 18.3 Å². The maximum atomic E-state index is 12.3. The first-order valence-corrected chi connectivity index (χ1v) is 7.32. The predicted molar refractivity (Wildman–Crippen MR) is 75.5 cm³/mol. The highest BCUT2D eigenvalue weighted by Gasteiger charge is 2.27. The molecule has 0 spiro atoms. The minimum absolute atomic E-state index is 0.0562. The smallest absolute Gasteiger partial charge is 0.142 e. The van der Waals surface area contributed by atoms with Crippen LogP contribution >= 0.6 is 0 Å². The number of hydrogen-bond donors (Lipinski definition) is 1. The number of rotatable bonds is 5. The lowest BCUT2D eigenvalue weighted by molar-refractivity contribution is -0.120. The summed E-state index contributed by atoms with van der Waals surface area (Å²) in [5.74, 6) is 0.427. The average Bonchev–Trinajstić information content (AvgIpc) is 3.07. The van der Waals surface area contributed by atoms with E-state index in [2.05, 4.69) is 17.4 Å². The van der Waals surface area contributed by atoms with Crippen LogP contribution in [0, 0.1) is 0 Å². The standard InChI is InChI=1S/C16H21NO2/c18-16(9-3-5-12-6-4-10-19-12)14-11-17-15-8-2-1-7-13(14)15/h1-2,7-8,12,14,17H,3-6,9-11H2. The van der Waals surface area contributed by atoms with Gasteiger partial charge in [0.25, 0.3) is 0 Å². The third-order valence-corrected chi connectivity index (χ3v) is 4.19. The summed E-state index contributed by atoms with van der Waals surface area (Å²) in [4.78, 5) is 12.3. The van der Waals surface area contributed by atoms with E-state index < -0.39 is 0 Å². The van der Waals surface area contributed by atoms with Gasteiger partial charge in [0.15, 0.2) is 0 Å². The molecule has 102 valence electrons. The first kappa shape index (κ1) is 12.7. The molecule has 2 heterocycles. The summed E-state index contributed by atoms with van der Waals surface area (Å²) in [5, 5.41) is 3.32. The lowest BCUT2D eigenvalue weighted by atomic mass is 9.93. The number of carbonyl (C=O) groups excluding carboxylic acids is 1. The van der Waals surface area contributed by atoms with E-state index in [1.807, 2.05) is 12.1 Å². The van der Waals surface area contributed by atoms with Crippen LogP contribution in [0.4, 0.5) is 5.69 Å². The Balaban J connectivity index is 1.51. The quantitative estimate of drug-likeness (QED) is 0.883. The number of nitrogens with one attached hydrogen (secondary N) is 1. The van der Waals surface area contributed by atoms with E-state index >= 15 is 0 Å². The fraction of sp³-hybridized carbons (Fsp3) is 0.562. The van der Waals surface area contributed by atoms with Gasteiger partial charge in [-0.15, -0.1) is 0 Å². The van der Waals surface area contributed by atoms with E-state index in [-0.39, 0.29) is 5.92 Å². The highest BCUT2D eigenvalue weighted by atomic mass is 16.5. The summed E-state index contributed by atoms with van der Waals surface area (Å²) in [6.45, 7) is 1.66. The van der Waals surface area contributed by atoms with Crippen molar-refractivity contribution in [3.05, 3.63) is 29.8 Å². The zero-order valence-electron chi connectivity index (χ0n) is 11.2. The second-order valence-corrected chi connectivity index (χ2v) is 5.51. The van der Waals surface area contributed by atoms with E-state index in [1.165, 1.54) is 18.4 Å². The molecule has 2 atom stereocenters. The van der Waals surface area contributed by atoms with Gasteiger partial charge in [0.05, 0.1) is 12.0 Å². The van der Waals surface area contributed by atoms with Gasteiger partial charge in [0.1, 0.15) is 5.78 Å². The van der Waals surface area contributed by atoms with Gasteiger partial charge in [-0.1, -0.05) is 18.2 Å². The van der Waals surface area contributed by atoms with Gasteiger partial charge in [-0.3, -0.25) is 4.79 Å². The molecule has 3 rings (SSSR count). The molecule has 0 aliphatic carbocycles. The second-order valence-electron chi connectivity index (χ2n) is 5.51. The number of para-hydroxylation sites is 1. The molecule has 19 heavy (non-hydrogen) atoms. The Labute approximate surface area is 114 Å². The van der Waals surface area contributed by atoms with Crippen molar-refractivity contribution in [2.24, 2.45) is 0 Å². The molecule has 0 radical (unpaired) electrons. The first-order chi connectivity index (χ1) is 9.34. The largest absolute Gasteiger partial charge is 0.384 e. The predicted octanol–water partition coefficient (Wildman–Crippen LogP) is 3.11. The minimum atomic E-state index is 0.0562. The Morgan fingerprint density at radius 3 is 3.11 bits per heavy atom. The number of anilines is 1. The summed E-state index contributed by atoms with van der Waals surface area (Å²) < 4.78 is 5.59. The van der Waals surface area contributed by atoms with Crippen molar-refractivity contribution in [3.8, 4) is 0 Å². The number of Topliss-reactive ketones (excluding diaryl/α,β-unsaturated/α-hetero) is 1. The lowest BCUT2D eigenvalue weighted by Crippen LogP contribution is -2.15. The van der Waals surface area contributed by atoms with Crippen molar-refractivity contribution < 1.29 is 9.53 Å². The van der Waals surface area contributed by atoms with Crippen molar-refractivity contribution in [2.45, 2.75) is 44.1 Å². The molecular formula is C16H21NO2. The fourth-order valence-corrected chi connectivity index (χ4v) is 3.12. The Kier molecular flexibility index (Phi) is 3.83. The van der Waals surface area contributed by atoms with Crippen LogP contribution in [0.5, 0.6) is 0 Å². The van der Waals surface area contributed by atoms with Crippen molar-refractivity contribution in [3.63, 3.8) is 0 Å². The molecule has 1 aromatic rings. The topological polar surface area (TPSA) is 38.3 Å². The van der Waals surface area contributed by atoms with E-state index in [4.69, 9.17) is 4.74 Å². The molecule has 0 saturated carbocycles. The van der Waals surface area contributed by atoms with Gasteiger partial charge < -0.3 is 10.1 Å². The second kappa shape index (κ2) is 5.74. The summed E-state index contributed by atoms with van der Waals surface area (Å²) in [6.07, 6.45) is 5.43. The van der Waals surface area contributed by atoms with Crippen LogP contribution in [0.25, 0.3) is 0 Å². The molecular weight excluding hydrogens is 238 g/mol. The van der Waals surface area contributed by atoms with Gasteiger partial charge in [-0.25, -0.2) is 0 Å². The molecule has 1 N–H and O–H groups in total. The molecule has 1 fully saturated rings. The molecule has 3 nitrogen and oxygen atoms in total. The summed E-state index contributed by atoms with van der Waals surface area (Å²) in [6, 6.07) is 8.14. The molecule has 1 aromatic carbocycles. The van der Waals surface area contributed by atoms with E-state index in [9.17, 15) is 4.79 Å². The summed E-state index contributed by atoms with van der Waals surface area (Å²) in [7, 11) is 0. The number of hydrogen-bond acceptors (Lipinski definition) is 3. The Morgan fingerprint density at radius 1 is 1.37 bits per heavy atom. The number of fused-ring (bicyclic) bond motifs is 1. The number of benzene rings is 1. The van der Waals surface area contributed by atoms with Gasteiger partial charge in [0, 0.05) is 25.3 Å². The Hall–Kier alpha value is -1.35.